The van der Waals surface area contributed by atoms with Gasteiger partial charge in [-0.05, 0) is 57.5 Å². The zero-order valence-corrected chi connectivity index (χ0v) is 16.3. The molecule has 144 valence electrons. The molecule has 2 amide bonds. The average molecular weight is 370 g/mol. The lowest BCUT2D eigenvalue weighted by atomic mass is 10.1. The van der Waals surface area contributed by atoms with Crippen molar-refractivity contribution in [2.75, 3.05) is 20.1 Å². The molecule has 0 radical (unpaired) electrons. The van der Waals surface area contributed by atoms with E-state index in [4.69, 9.17) is 4.74 Å². The van der Waals surface area contributed by atoms with Crippen molar-refractivity contribution < 1.29 is 14.3 Å². The number of aromatic nitrogens is 2. The fourth-order valence-electron chi connectivity index (χ4n) is 3.10. The summed E-state index contributed by atoms with van der Waals surface area (Å²) in [6.45, 7) is 6.63. The highest BCUT2D eigenvalue weighted by molar-refractivity contribution is 5.94. The van der Waals surface area contributed by atoms with Crippen molar-refractivity contribution in [3.05, 3.63) is 48.3 Å². The van der Waals surface area contributed by atoms with Crippen LogP contribution in [0.25, 0.3) is 5.69 Å². The molecule has 2 aromatic rings. The number of rotatable bonds is 3. The molecule has 1 aromatic heterocycles. The third-order valence-corrected chi connectivity index (χ3v) is 4.57. The van der Waals surface area contributed by atoms with Crippen LogP contribution in [0.15, 0.2) is 42.7 Å². The number of carbonyl (C=O) groups excluding carboxylic acids is 2. The molecular formula is C20H26N4O3. The molecule has 3 rings (SSSR count). The number of benzene rings is 1. The zero-order chi connectivity index (χ0) is 19.6. The van der Waals surface area contributed by atoms with Gasteiger partial charge in [-0.2, -0.15) is 5.10 Å². The number of amides is 2. The maximum atomic E-state index is 12.8. The molecule has 1 aliphatic heterocycles. The first-order valence-electron chi connectivity index (χ1n) is 9.10. The van der Waals surface area contributed by atoms with Crippen LogP contribution in [0, 0.1) is 0 Å². The molecule has 0 bridgehead atoms. The highest BCUT2D eigenvalue weighted by Crippen LogP contribution is 2.20. The van der Waals surface area contributed by atoms with Gasteiger partial charge in [-0.15, -0.1) is 0 Å². The Labute approximate surface area is 159 Å². The van der Waals surface area contributed by atoms with Gasteiger partial charge in [0.1, 0.15) is 5.60 Å². The zero-order valence-electron chi connectivity index (χ0n) is 16.3. The van der Waals surface area contributed by atoms with Crippen LogP contribution in [0.5, 0.6) is 0 Å². The Bertz CT molecular complexity index is 794. The van der Waals surface area contributed by atoms with Crippen molar-refractivity contribution >= 4 is 12.0 Å². The van der Waals surface area contributed by atoms with E-state index in [2.05, 4.69) is 5.10 Å². The Hall–Kier alpha value is -2.83. The quantitative estimate of drug-likeness (QED) is 0.833. The first-order chi connectivity index (χ1) is 12.7. The van der Waals surface area contributed by atoms with Crippen molar-refractivity contribution in [1.82, 2.24) is 19.6 Å². The van der Waals surface area contributed by atoms with E-state index in [-0.39, 0.29) is 18.0 Å². The van der Waals surface area contributed by atoms with E-state index in [1.165, 1.54) is 0 Å². The highest BCUT2D eigenvalue weighted by atomic mass is 16.6. The van der Waals surface area contributed by atoms with Gasteiger partial charge in [0.25, 0.3) is 5.91 Å². The molecule has 1 saturated heterocycles. The van der Waals surface area contributed by atoms with Crippen molar-refractivity contribution in [2.45, 2.75) is 38.8 Å². The molecule has 1 atom stereocenters. The van der Waals surface area contributed by atoms with Crippen LogP contribution in [0.2, 0.25) is 0 Å². The average Bonchev–Trinajstić information content (AvgIpc) is 3.31. The molecule has 27 heavy (non-hydrogen) atoms. The second-order valence-corrected chi connectivity index (χ2v) is 7.78. The maximum absolute atomic E-state index is 12.8. The fourth-order valence-corrected chi connectivity index (χ4v) is 3.10. The first-order valence-corrected chi connectivity index (χ1v) is 9.10. The molecule has 0 spiro atoms. The van der Waals surface area contributed by atoms with Crippen LogP contribution in [-0.2, 0) is 4.74 Å². The Balaban J connectivity index is 1.61. The topological polar surface area (TPSA) is 67.7 Å². The third kappa shape index (κ3) is 4.48. The molecule has 7 heteroatoms. The molecule has 1 aromatic carbocycles. The smallest absolute Gasteiger partial charge is 0.410 e. The molecule has 0 saturated carbocycles. The first kappa shape index (κ1) is 18.9. The largest absolute Gasteiger partial charge is 0.444 e. The molecule has 1 aliphatic rings. The normalized spacial score (nSPS) is 17.0. The van der Waals surface area contributed by atoms with E-state index in [1.807, 2.05) is 45.2 Å². The van der Waals surface area contributed by atoms with Crippen LogP contribution in [-0.4, -0.2) is 63.4 Å². The minimum atomic E-state index is -0.521. The van der Waals surface area contributed by atoms with Crippen LogP contribution in [0.1, 0.15) is 37.6 Å². The number of hydrogen-bond donors (Lipinski definition) is 0. The van der Waals surface area contributed by atoms with Gasteiger partial charge in [0.05, 0.1) is 11.7 Å². The highest BCUT2D eigenvalue weighted by Gasteiger charge is 2.33. The van der Waals surface area contributed by atoms with Gasteiger partial charge in [0.15, 0.2) is 0 Å². The second-order valence-electron chi connectivity index (χ2n) is 7.78. The van der Waals surface area contributed by atoms with E-state index in [9.17, 15) is 9.59 Å². The van der Waals surface area contributed by atoms with Crippen molar-refractivity contribution in [2.24, 2.45) is 0 Å². The Morgan fingerprint density at radius 1 is 1.22 bits per heavy atom. The standard InChI is InChI=1S/C20H26N4O3/c1-20(2,3)27-19(26)23-13-10-17(14-23)22(4)18(25)15-6-8-16(9-7-15)24-12-5-11-21-24/h5-9,11-12,17H,10,13-14H2,1-4H3. The van der Waals surface area contributed by atoms with E-state index < -0.39 is 5.60 Å². The van der Waals surface area contributed by atoms with Gasteiger partial charge in [0.2, 0.25) is 0 Å². The minimum Gasteiger partial charge on any atom is -0.444 e. The lowest BCUT2D eigenvalue weighted by molar-refractivity contribution is 0.0279. The monoisotopic (exact) mass is 370 g/mol. The van der Waals surface area contributed by atoms with Gasteiger partial charge >= 0.3 is 6.09 Å². The Morgan fingerprint density at radius 3 is 2.52 bits per heavy atom. The SMILES string of the molecule is CN(C(=O)c1ccc(-n2cccn2)cc1)C1CCN(C(=O)OC(C)(C)C)C1. The van der Waals surface area contributed by atoms with Crippen molar-refractivity contribution in [3.63, 3.8) is 0 Å². The molecular weight excluding hydrogens is 344 g/mol. The summed E-state index contributed by atoms with van der Waals surface area (Å²) in [7, 11) is 1.78. The van der Waals surface area contributed by atoms with Gasteiger partial charge in [-0.25, -0.2) is 9.48 Å². The summed E-state index contributed by atoms with van der Waals surface area (Å²) in [5.41, 5.74) is 0.994. The fraction of sp³-hybridized carbons (Fsp3) is 0.450. The summed E-state index contributed by atoms with van der Waals surface area (Å²) in [4.78, 5) is 28.4. The third-order valence-electron chi connectivity index (χ3n) is 4.57. The predicted molar refractivity (Wildman–Crippen MR) is 102 cm³/mol. The summed E-state index contributed by atoms with van der Waals surface area (Å²) in [6.07, 6.45) is 3.98. The number of hydrogen-bond acceptors (Lipinski definition) is 4. The van der Waals surface area contributed by atoms with E-state index in [0.29, 0.717) is 18.7 Å². The lowest BCUT2D eigenvalue weighted by Crippen LogP contribution is -2.41. The van der Waals surface area contributed by atoms with E-state index in [1.54, 1.807) is 39.9 Å². The molecule has 0 aliphatic carbocycles. The summed E-state index contributed by atoms with van der Waals surface area (Å²) >= 11 is 0. The van der Waals surface area contributed by atoms with Gasteiger partial charge in [-0.1, -0.05) is 0 Å². The summed E-state index contributed by atoms with van der Waals surface area (Å²) in [5.74, 6) is -0.0574. The van der Waals surface area contributed by atoms with Gasteiger partial charge in [-0.3, -0.25) is 4.79 Å². The van der Waals surface area contributed by atoms with Crippen LogP contribution < -0.4 is 0 Å². The van der Waals surface area contributed by atoms with Crippen molar-refractivity contribution in [1.29, 1.82) is 0 Å². The number of carbonyl (C=O) groups is 2. The molecule has 1 fully saturated rings. The lowest BCUT2D eigenvalue weighted by Gasteiger charge is -2.27. The van der Waals surface area contributed by atoms with Gasteiger partial charge < -0.3 is 14.5 Å². The maximum Gasteiger partial charge on any atom is 0.410 e. The van der Waals surface area contributed by atoms with E-state index >= 15 is 0 Å². The number of likely N-dealkylation sites (N-methyl/N-ethyl adjacent to an activating group) is 1. The summed E-state index contributed by atoms with van der Waals surface area (Å²) in [6, 6.07) is 9.18. The van der Waals surface area contributed by atoms with Crippen LogP contribution in [0.3, 0.4) is 0 Å². The van der Waals surface area contributed by atoms with Crippen molar-refractivity contribution in [3.8, 4) is 5.69 Å². The molecule has 7 nitrogen and oxygen atoms in total. The molecule has 0 N–H and O–H groups in total. The second kappa shape index (κ2) is 7.42. The van der Waals surface area contributed by atoms with Crippen LogP contribution >= 0.6 is 0 Å². The Morgan fingerprint density at radius 2 is 1.93 bits per heavy atom. The number of ether oxygens (including phenoxy) is 1. The number of likely N-dealkylation sites (tertiary alicyclic amines) is 1. The summed E-state index contributed by atoms with van der Waals surface area (Å²) in [5, 5.41) is 4.18. The Kier molecular flexibility index (Phi) is 5.21. The summed E-state index contributed by atoms with van der Waals surface area (Å²) < 4.78 is 7.16. The van der Waals surface area contributed by atoms with Gasteiger partial charge in [0, 0.05) is 38.1 Å². The van der Waals surface area contributed by atoms with Crippen LogP contribution in [0.4, 0.5) is 4.79 Å². The molecule has 1 unspecified atom stereocenters. The number of nitrogens with zero attached hydrogens (tertiary/aromatic N) is 4. The molecule has 2 heterocycles. The van der Waals surface area contributed by atoms with E-state index in [0.717, 1.165) is 12.1 Å². The predicted octanol–water partition coefficient (Wildman–Crippen LogP) is 2.95. The minimum absolute atomic E-state index is 0.0178.